The number of amides is 2. The monoisotopic (exact) mass is 471 g/mol. The van der Waals surface area contributed by atoms with Crippen LogP contribution in [0.3, 0.4) is 0 Å². The van der Waals surface area contributed by atoms with Gasteiger partial charge in [0.15, 0.2) is 0 Å². The van der Waals surface area contributed by atoms with Gasteiger partial charge in [0.1, 0.15) is 24.0 Å². The molecule has 162 valence electrons. The maximum Gasteiger partial charge on any atom is 0.293 e. The first kappa shape index (κ1) is 22.0. The Morgan fingerprint density at radius 1 is 0.938 bits per heavy atom. The summed E-state index contributed by atoms with van der Waals surface area (Å²) in [7, 11) is 0. The quantitative estimate of drug-likeness (QED) is 0.388. The fourth-order valence-corrected chi connectivity index (χ4v) is 4.17. The Balaban J connectivity index is 1.55. The summed E-state index contributed by atoms with van der Waals surface area (Å²) in [5, 5.41) is -0.238. The SMILES string of the molecule is O=C1S/C(=C\c2ccccc2OCc2c(F)cccc2Cl)C(=O)N1Cc1ccccc1F. The number of rotatable bonds is 6. The summed E-state index contributed by atoms with van der Waals surface area (Å²) in [4.78, 5) is 26.4. The van der Waals surface area contributed by atoms with E-state index in [1.54, 1.807) is 36.4 Å². The van der Waals surface area contributed by atoms with Crippen LogP contribution in [0.1, 0.15) is 16.7 Å². The minimum Gasteiger partial charge on any atom is -0.488 e. The fourth-order valence-electron chi connectivity index (χ4n) is 3.13. The molecule has 4 rings (SSSR count). The van der Waals surface area contributed by atoms with Crippen molar-refractivity contribution in [2.75, 3.05) is 0 Å². The molecule has 2 amide bonds. The third-order valence-corrected chi connectivity index (χ3v) is 6.06. The third-order valence-electron chi connectivity index (χ3n) is 4.80. The number of hydrogen-bond acceptors (Lipinski definition) is 4. The zero-order chi connectivity index (χ0) is 22.7. The Hall–Kier alpha value is -3.16. The first-order valence-electron chi connectivity index (χ1n) is 9.57. The van der Waals surface area contributed by atoms with Crippen molar-refractivity contribution in [1.29, 1.82) is 0 Å². The van der Waals surface area contributed by atoms with Gasteiger partial charge in [-0.25, -0.2) is 8.78 Å². The number of carbonyl (C=O) groups excluding carboxylic acids is 2. The van der Waals surface area contributed by atoms with Crippen LogP contribution in [0.2, 0.25) is 5.02 Å². The smallest absolute Gasteiger partial charge is 0.293 e. The zero-order valence-corrected chi connectivity index (χ0v) is 18.1. The van der Waals surface area contributed by atoms with Crippen LogP contribution in [-0.2, 0) is 17.9 Å². The molecule has 0 saturated carbocycles. The summed E-state index contributed by atoms with van der Waals surface area (Å²) >= 11 is 6.82. The van der Waals surface area contributed by atoms with Gasteiger partial charge in [0.05, 0.1) is 16.5 Å². The molecule has 4 nitrogen and oxygen atoms in total. The molecule has 32 heavy (non-hydrogen) atoms. The largest absolute Gasteiger partial charge is 0.488 e. The molecular weight excluding hydrogens is 456 g/mol. The highest BCUT2D eigenvalue weighted by molar-refractivity contribution is 8.18. The molecule has 1 heterocycles. The zero-order valence-electron chi connectivity index (χ0n) is 16.6. The lowest BCUT2D eigenvalue weighted by Crippen LogP contribution is -2.27. The average molecular weight is 472 g/mol. The first-order valence-corrected chi connectivity index (χ1v) is 10.8. The molecule has 0 bridgehead atoms. The highest BCUT2D eigenvalue weighted by Gasteiger charge is 2.35. The van der Waals surface area contributed by atoms with E-state index in [1.807, 2.05) is 0 Å². The topological polar surface area (TPSA) is 46.6 Å². The fraction of sp³-hybridized carbons (Fsp3) is 0.0833. The lowest BCUT2D eigenvalue weighted by molar-refractivity contribution is -0.123. The van der Waals surface area contributed by atoms with Crippen molar-refractivity contribution in [2.24, 2.45) is 0 Å². The van der Waals surface area contributed by atoms with E-state index in [1.165, 1.54) is 36.4 Å². The third kappa shape index (κ3) is 4.69. The standard InChI is InChI=1S/C24H16ClF2NO3S/c25-18-8-5-10-20(27)17(18)14-31-21-11-4-2-6-15(21)12-22-23(29)28(24(30)32-22)13-16-7-1-3-9-19(16)26/h1-12H,13-14H2/b22-12-. The molecule has 0 aliphatic carbocycles. The number of imide groups is 1. The molecular formula is C24H16ClF2NO3S. The van der Waals surface area contributed by atoms with E-state index in [0.717, 1.165) is 16.7 Å². The number of carbonyl (C=O) groups is 2. The molecule has 3 aromatic rings. The molecule has 8 heteroatoms. The number of thioether (sulfide) groups is 1. The summed E-state index contributed by atoms with van der Waals surface area (Å²) in [5.41, 5.74) is 1.01. The molecule has 0 radical (unpaired) electrons. The highest BCUT2D eigenvalue weighted by Crippen LogP contribution is 2.35. The Bertz CT molecular complexity index is 1210. The Morgan fingerprint density at radius 2 is 1.66 bits per heavy atom. The van der Waals surface area contributed by atoms with E-state index >= 15 is 0 Å². The molecule has 0 N–H and O–H groups in total. The van der Waals surface area contributed by atoms with Gasteiger partial charge in [-0.1, -0.05) is 54.1 Å². The molecule has 0 aromatic heterocycles. The van der Waals surface area contributed by atoms with Crippen molar-refractivity contribution in [3.63, 3.8) is 0 Å². The summed E-state index contributed by atoms with van der Waals surface area (Å²) in [6.07, 6.45) is 1.53. The molecule has 0 atom stereocenters. The maximum absolute atomic E-state index is 14.0. The van der Waals surface area contributed by atoms with Crippen LogP contribution in [0, 0.1) is 11.6 Å². The summed E-state index contributed by atoms with van der Waals surface area (Å²) < 4.78 is 33.7. The van der Waals surface area contributed by atoms with Crippen LogP contribution in [0.15, 0.2) is 71.6 Å². The molecule has 1 aliphatic rings. The average Bonchev–Trinajstić information content (AvgIpc) is 3.03. The van der Waals surface area contributed by atoms with Crippen molar-refractivity contribution >= 4 is 40.6 Å². The van der Waals surface area contributed by atoms with Crippen LogP contribution in [0.5, 0.6) is 5.75 Å². The predicted octanol–water partition coefficient (Wildman–Crippen LogP) is 6.43. The predicted molar refractivity (Wildman–Crippen MR) is 120 cm³/mol. The number of para-hydroxylation sites is 1. The first-order chi connectivity index (χ1) is 15.4. The molecule has 1 fully saturated rings. The minimum atomic E-state index is -0.518. The van der Waals surface area contributed by atoms with Gasteiger partial charge in [-0.05, 0) is 42.1 Å². The summed E-state index contributed by atoms with van der Waals surface area (Å²) in [6, 6.07) is 17.2. The van der Waals surface area contributed by atoms with Crippen LogP contribution in [-0.4, -0.2) is 16.0 Å². The van der Waals surface area contributed by atoms with Gasteiger partial charge in [-0.3, -0.25) is 14.5 Å². The number of halogens is 3. The Kier molecular flexibility index (Phi) is 6.58. The number of hydrogen-bond donors (Lipinski definition) is 0. The number of nitrogens with zero attached hydrogens (tertiary/aromatic N) is 1. The van der Waals surface area contributed by atoms with Crippen LogP contribution in [0.25, 0.3) is 6.08 Å². The second-order valence-corrected chi connectivity index (χ2v) is 8.29. The lowest BCUT2D eigenvalue weighted by Gasteiger charge is -2.13. The number of ether oxygens (including phenoxy) is 1. The van der Waals surface area contributed by atoms with E-state index < -0.39 is 22.8 Å². The van der Waals surface area contributed by atoms with Gasteiger partial charge in [0, 0.05) is 16.7 Å². The molecule has 0 unspecified atom stereocenters. The normalized spacial score (nSPS) is 15.0. The maximum atomic E-state index is 14.0. The Labute approximate surface area is 192 Å². The van der Waals surface area contributed by atoms with Crippen molar-refractivity contribution in [3.05, 3.63) is 105 Å². The van der Waals surface area contributed by atoms with Gasteiger partial charge >= 0.3 is 0 Å². The minimum absolute atomic E-state index is 0.106. The van der Waals surface area contributed by atoms with Gasteiger partial charge in [0.2, 0.25) is 0 Å². The van der Waals surface area contributed by atoms with Crippen molar-refractivity contribution in [1.82, 2.24) is 4.90 Å². The van der Waals surface area contributed by atoms with E-state index in [0.29, 0.717) is 11.3 Å². The second-order valence-electron chi connectivity index (χ2n) is 6.89. The van der Waals surface area contributed by atoms with Gasteiger partial charge in [-0.2, -0.15) is 0 Å². The summed E-state index contributed by atoms with van der Waals surface area (Å²) in [5.74, 6) is -1.09. The molecule has 1 saturated heterocycles. The van der Waals surface area contributed by atoms with Crippen LogP contribution >= 0.6 is 23.4 Å². The van der Waals surface area contributed by atoms with Gasteiger partial charge in [0.25, 0.3) is 11.1 Å². The van der Waals surface area contributed by atoms with Crippen LogP contribution in [0.4, 0.5) is 13.6 Å². The molecule has 1 aliphatic heterocycles. The Morgan fingerprint density at radius 3 is 2.44 bits per heavy atom. The van der Waals surface area contributed by atoms with Crippen LogP contribution < -0.4 is 4.74 Å². The van der Waals surface area contributed by atoms with Gasteiger partial charge in [-0.15, -0.1) is 0 Å². The second kappa shape index (κ2) is 9.54. The van der Waals surface area contributed by atoms with Crippen molar-refractivity contribution in [2.45, 2.75) is 13.2 Å². The lowest BCUT2D eigenvalue weighted by atomic mass is 10.1. The van der Waals surface area contributed by atoms with E-state index in [9.17, 15) is 18.4 Å². The van der Waals surface area contributed by atoms with E-state index in [-0.39, 0.29) is 34.2 Å². The molecule has 0 spiro atoms. The van der Waals surface area contributed by atoms with E-state index in [2.05, 4.69) is 0 Å². The highest BCUT2D eigenvalue weighted by atomic mass is 35.5. The van der Waals surface area contributed by atoms with Gasteiger partial charge < -0.3 is 4.74 Å². The summed E-state index contributed by atoms with van der Waals surface area (Å²) in [6.45, 7) is -0.260. The van der Waals surface area contributed by atoms with Crippen molar-refractivity contribution in [3.8, 4) is 5.75 Å². The number of benzene rings is 3. The van der Waals surface area contributed by atoms with Crippen molar-refractivity contribution < 1.29 is 23.1 Å². The van der Waals surface area contributed by atoms with E-state index in [4.69, 9.17) is 16.3 Å². The molecule has 3 aromatic carbocycles.